The van der Waals surface area contributed by atoms with E-state index in [1.165, 1.54) is 5.56 Å². The van der Waals surface area contributed by atoms with E-state index in [-0.39, 0.29) is 5.11 Å². The molecule has 0 aliphatic rings. The lowest BCUT2D eigenvalue weighted by Gasteiger charge is -2.14. The maximum atomic E-state index is 5.98. The molecule has 0 aromatic heterocycles. The Balaban J connectivity index is 2.23. The molecule has 2 aromatic carbocycles. The van der Waals surface area contributed by atoms with Gasteiger partial charge in [-0.25, -0.2) is 0 Å². The number of nitrogens with one attached hydrogen (secondary N) is 1. The van der Waals surface area contributed by atoms with Crippen molar-refractivity contribution in [2.24, 2.45) is 10.8 Å². The standard InChI is InChI=1S/C17H19N3O2S/c1-12-6-3-4-7-14(12)11-22-16-13(10-19-20-17(18)23)8-5-9-15(16)21-2/h3-10H,11H2,1-2H3,(H3,18,20,23)/b19-10-. The lowest BCUT2D eigenvalue weighted by molar-refractivity contribution is 0.283. The Morgan fingerprint density at radius 2 is 2.04 bits per heavy atom. The van der Waals surface area contributed by atoms with Gasteiger partial charge in [-0.2, -0.15) is 5.10 Å². The molecule has 0 spiro atoms. The fraction of sp³-hybridized carbons (Fsp3) is 0.176. The van der Waals surface area contributed by atoms with Crippen molar-refractivity contribution >= 4 is 23.5 Å². The van der Waals surface area contributed by atoms with Crippen LogP contribution in [0, 0.1) is 6.92 Å². The van der Waals surface area contributed by atoms with Gasteiger partial charge in [0.15, 0.2) is 16.6 Å². The summed E-state index contributed by atoms with van der Waals surface area (Å²) in [5.74, 6) is 1.25. The SMILES string of the molecule is COc1cccc(/C=N\NC(N)=S)c1OCc1ccccc1C. The van der Waals surface area contributed by atoms with Crippen LogP contribution in [-0.4, -0.2) is 18.4 Å². The number of thiocarbonyl (C=S) groups is 1. The van der Waals surface area contributed by atoms with Gasteiger partial charge in [0.2, 0.25) is 0 Å². The second-order valence-electron chi connectivity index (χ2n) is 4.83. The van der Waals surface area contributed by atoms with Gasteiger partial charge in [-0.05, 0) is 42.4 Å². The Labute approximate surface area is 141 Å². The molecular formula is C17H19N3O2S. The minimum Gasteiger partial charge on any atom is -0.493 e. The number of hydrazone groups is 1. The molecular weight excluding hydrogens is 310 g/mol. The van der Waals surface area contributed by atoms with Crippen LogP contribution in [0.2, 0.25) is 0 Å². The number of hydrogen-bond acceptors (Lipinski definition) is 4. The van der Waals surface area contributed by atoms with E-state index >= 15 is 0 Å². The van der Waals surface area contributed by atoms with Crippen LogP contribution >= 0.6 is 12.2 Å². The molecule has 120 valence electrons. The van der Waals surface area contributed by atoms with Crippen LogP contribution in [0.3, 0.4) is 0 Å². The van der Waals surface area contributed by atoms with Gasteiger partial charge in [0, 0.05) is 5.56 Å². The summed E-state index contributed by atoms with van der Waals surface area (Å²) in [4.78, 5) is 0. The predicted octanol–water partition coefficient (Wildman–Crippen LogP) is 2.75. The number of nitrogens with zero attached hydrogens (tertiary/aromatic N) is 1. The normalized spacial score (nSPS) is 10.5. The molecule has 6 heteroatoms. The number of aryl methyl sites for hydroxylation is 1. The summed E-state index contributed by atoms with van der Waals surface area (Å²) >= 11 is 4.72. The van der Waals surface area contributed by atoms with E-state index in [9.17, 15) is 0 Å². The maximum absolute atomic E-state index is 5.98. The Bertz CT molecular complexity index is 717. The predicted molar refractivity (Wildman–Crippen MR) is 96.0 cm³/mol. The van der Waals surface area contributed by atoms with Crippen molar-refractivity contribution in [1.29, 1.82) is 0 Å². The van der Waals surface area contributed by atoms with Crippen molar-refractivity contribution in [3.63, 3.8) is 0 Å². The molecule has 0 atom stereocenters. The van der Waals surface area contributed by atoms with Gasteiger partial charge in [-0.15, -0.1) is 0 Å². The molecule has 0 unspecified atom stereocenters. The Morgan fingerprint density at radius 1 is 1.26 bits per heavy atom. The first-order valence-electron chi connectivity index (χ1n) is 7.04. The van der Waals surface area contributed by atoms with Crippen molar-refractivity contribution in [2.45, 2.75) is 13.5 Å². The van der Waals surface area contributed by atoms with E-state index in [4.69, 9.17) is 27.4 Å². The van der Waals surface area contributed by atoms with E-state index in [1.54, 1.807) is 13.3 Å². The van der Waals surface area contributed by atoms with E-state index in [1.807, 2.05) is 36.4 Å². The minimum atomic E-state index is 0.103. The average Bonchev–Trinajstić information content (AvgIpc) is 2.54. The van der Waals surface area contributed by atoms with Crippen LogP contribution in [0.5, 0.6) is 11.5 Å². The number of rotatable bonds is 6. The number of benzene rings is 2. The average molecular weight is 329 g/mol. The minimum absolute atomic E-state index is 0.103. The molecule has 0 aliphatic carbocycles. The molecule has 0 saturated carbocycles. The third kappa shape index (κ3) is 4.69. The van der Waals surface area contributed by atoms with Gasteiger partial charge < -0.3 is 15.2 Å². The van der Waals surface area contributed by atoms with Gasteiger partial charge in [0.25, 0.3) is 0 Å². The number of ether oxygens (including phenoxy) is 2. The number of nitrogens with two attached hydrogens (primary N) is 1. The molecule has 2 rings (SSSR count). The van der Waals surface area contributed by atoms with Crippen LogP contribution in [0.1, 0.15) is 16.7 Å². The van der Waals surface area contributed by atoms with Gasteiger partial charge in [0.05, 0.1) is 13.3 Å². The summed E-state index contributed by atoms with van der Waals surface area (Å²) in [6, 6.07) is 13.7. The topological polar surface area (TPSA) is 68.9 Å². The quantitative estimate of drug-likeness (QED) is 0.484. The molecule has 0 radical (unpaired) electrons. The zero-order valence-corrected chi connectivity index (χ0v) is 13.9. The lowest BCUT2D eigenvalue weighted by atomic mass is 10.1. The summed E-state index contributed by atoms with van der Waals surface area (Å²) in [6.07, 6.45) is 1.59. The van der Waals surface area contributed by atoms with Crippen LogP contribution in [0.15, 0.2) is 47.6 Å². The van der Waals surface area contributed by atoms with Gasteiger partial charge in [0.1, 0.15) is 6.61 Å². The van der Waals surface area contributed by atoms with E-state index < -0.39 is 0 Å². The van der Waals surface area contributed by atoms with Gasteiger partial charge in [-0.3, -0.25) is 5.43 Å². The molecule has 0 fully saturated rings. The second kappa shape index (κ2) is 8.14. The molecule has 0 heterocycles. The van der Waals surface area contributed by atoms with Crippen molar-refractivity contribution < 1.29 is 9.47 Å². The molecule has 0 saturated heterocycles. The fourth-order valence-electron chi connectivity index (χ4n) is 2.04. The third-order valence-corrected chi connectivity index (χ3v) is 3.33. The molecule has 0 amide bonds. The molecule has 2 aromatic rings. The van der Waals surface area contributed by atoms with Crippen molar-refractivity contribution in [1.82, 2.24) is 5.43 Å². The zero-order chi connectivity index (χ0) is 16.7. The van der Waals surface area contributed by atoms with E-state index in [0.717, 1.165) is 11.1 Å². The molecule has 0 aliphatic heterocycles. The van der Waals surface area contributed by atoms with Crippen molar-refractivity contribution in [3.8, 4) is 11.5 Å². The van der Waals surface area contributed by atoms with Crippen LogP contribution in [0.25, 0.3) is 0 Å². The molecule has 3 N–H and O–H groups in total. The molecule has 23 heavy (non-hydrogen) atoms. The van der Waals surface area contributed by atoms with Crippen molar-refractivity contribution in [2.75, 3.05) is 7.11 Å². The van der Waals surface area contributed by atoms with Crippen molar-refractivity contribution in [3.05, 3.63) is 59.2 Å². The highest BCUT2D eigenvalue weighted by Crippen LogP contribution is 2.31. The summed E-state index contributed by atoms with van der Waals surface area (Å²) in [6.45, 7) is 2.49. The highest BCUT2D eigenvalue weighted by Gasteiger charge is 2.10. The highest BCUT2D eigenvalue weighted by atomic mass is 32.1. The summed E-state index contributed by atoms with van der Waals surface area (Å²) < 4.78 is 11.4. The lowest BCUT2D eigenvalue weighted by Crippen LogP contribution is -2.24. The van der Waals surface area contributed by atoms with Gasteiger partial charge >= 0.3 is 0 Å². The van der Waals surface area contributed by atoms with E-state index in [2.05, 4.69) is 23.5 Å². The van der Waals surface area contributed by atoms with Crippen LogP contribution in [0.4, 0.5) is 0 Å². The first-order chi connectivity index (χ1) is 11.1. The number of hydrogen-bond donors (Lipinski definition) is 2. The Kier molecular flexibility index (Phi) is 5.94. The van der Waals surface area contributed by atoms with Gasteiger partial charge in [-0.1, -0.05) is 30.3 Å². The zero-order valence-electron chi connectivity index (χ0n) is 13.1. The highest BCUT2D eigenvalue weighted by molar-refractivity contribution is 7.80. The summed E-state index contributed by atoms with van der Waals surface area (Å²) in [5, 5.41) is 4.08. The first-order valence-corrected chi connectivity index (χ1v) is 7.45. The maximum Gasteiger partial charge on any atom is 0.184 e. The van der Waals surface area contributed by atoms with Crippen LogP contribution in [-0.2, 0) is 6.61 Å². The monoisotopic (exact) mass is 329 g/mol. The fourth-order valence-corrected chi connectivity index (χ4v) is 2.09. The number of methoxy groups -OCH3 is 1. The smallest absolute Gasteiger partial charge is 0.184 e. The van der Waals surface area contributed by atoms with Crippen LogP contribution < -0.4 is 20.6 Å². The third-order valence-electron chi connectivity index (χ3n) is 3.24. The Hall–Kier alpha value is -2.60. The van der Waals surface area contributed by atoms with E-state index in [0.29, 0.717) is 18.1 Å². The summed E-state index contributed by atoms with van der Waals surface area (Å²) in [5.41, 5.74) is 10.9. The first kappa shape index (κ1) is 16.8. The number of para-hydroxylation sites is 1. The summed E-state index contributed by atoms with van der Waals surface area (Å²) in [7, 11) is 1.60. The molecule has 0 bridgehead atoms. The Morgan fingerprint density at radius 3 is 2.74 bits per heavy atom. The largest absolute Gasteiger partial charge is 0.493 e. The molecule has 5 nitrogen and oxygen atoms in total. The second-order valence-corrected chi connectivity index (χ2v) is 5.27.